The lowest BCUT2D eigenvalue weighted by Crippen LogP contribution is -2.75. The first kappa shape index (κ1) is 50.5. The summed E-state index contributed by atoms with van der Waals surface area (Å²) in [5, 5.41) is 0. The van der Waals surface area contributed by atoms with E-state index in [0.29, 0.717) is 14.2 Å². The summed E-state index contributed by atoms with van der Waals surface area (Å²) in [6, 6.07) is 0. The third kappa shape index (κ3) is 7.32. The molecule has 320 valence electrons. The molecule has 4 unspecified atom stereocenters. The van der Waals surface area contributed by atoms with Gasteiger partial charge in [-0.3, -0.25) is 14.2 Å². The van der Waals surface area contributed by atoms with E-state index < -0.39 is 96.4 Å². The Labute approximate surface area is 261 Å². The highest BCUT2D eigenvalue weighted by Gasteiger charge is 2.95. The Hall–Kier alpha value is -2.50. The lowest BCUT2D eigenvalue weighted by Gasteiger charge is -2.46. The molecule has 0 radical (unpaired) electrons. The van der Waals surface area contributed by atoms with Crippen molar-refractivity contribution in [1.29, 1.82) is 0 Å². The Bertz CT molecular complexity index is 1200. The van der Waals surface area contributed by atoms with E-state index in [0.717, 1.165) is 0 Å². The van der Waals surface area contributed by atoms with Gasteiger partial charge < -0.3 is 0 Å². The molecule has 0 aliphatic heterocycles. The van der Waals surface area contributed by atoms with E-state index in [1.807, 2.05) is 0 Å². The highest BCUT2D eigenvalue weighted by molar-refractivity contribution is 5.08. The first-order chi connectivity index (χ1) is 22.1. The molecule has 0 saturated heterocycles. The third-order valence-corrected chi connectivity index (χ3v) is 5.33. The van der Waals surface area contributed by atoms with Gasteiger partial charge in [0.05, 0.1) is 0 Å². The van der Waals surface area contributed by atoms with Gasteiger partial charge in [0.2, 0.25) is 0 Å². The van der Waals surface area contributed by atoms with E-state index in [1.54, 1.807) is 0 Å². The van der Waals surface area contributed by atoms with Gasteiger partial charge in [0.25, 0.3) is 0 Å². The molecule has 0 amide bonds. The molecule has 53 heavy (non-hydrogen) atoms. The van der Waals surface area contributed by atoms with E-state index >= 15 is 0 Å². The summed E-state index contributed by atoms with van der Waals surface area (Å²) in [6.07, 6.45) is -72.6. The van der Waals surface area contributed by atoms with Gasteiger partial charge in [-0.1, -0.05) is 0 Å². The Morgan fingerprint density at radius 3 is 0.472 bits per heavy atom. The monoisotopic (exact) mass is 886 g/mol. The van der Waals surface area contributed by atoms with Gasteiger partial charge >= 0.3 is 96.4 Å². The van der Waals surface area contributed by atoms with Crippen LogP contribution in [-0.2, 0) is 14.2 Å². The molecule has 0 fully saturated rings. The number of rotatable bonds is 12. The van der Waals surface area contributed by atoms with Crippen LogP contribution < -0.4 is 0 Å². The maximum atomic E-state index is 14.4. The second-order valence-electron chi connectivity index (χ2n) is 9.00. The first-order valence-electron chi connectivity index (χ1n) is 10.7. The zero-order valence-corrected chi connectivity index (χ0v) is 22.1. The predicted molar refractivity (Wildman–Crippen MR) is 84.6 cm³/mol. The molecule has 37 heteroatoms. The quantitative estimate of drug-likeness (QED) is 0.183. The van der Waals surface area contributed by atoms with Crippen molar-refractivity contribution in [2.75, 3.05) is 0 Å². The summed E-state index contributed by atoms with van der Waals surface area (Å²) in [5.74, 6) is -75.0. The van der Waals surface area contributed by atoms with E-state index in [1.165, 1.54) is 0 Å². The average molecular weight is 886 g/mol. The topological polar surface area (TPSA) is 27.7 Å². The molecule has 0 spiro atoms. The summed E-state index contributed by atoms with van der Waals surface area (Å²) >= 11 is 0. The van der Waals surface area contributed by atoms with Crippen molar-refractivity contribution in [2.45, 2.75) is 96.4 Å². The van der Waals surface area contributed by atoms with E-state index in [4.69, 9.17) is 0 Å². The van der Waals surface area contributed by atoms with E-state index in [-0.39, 0.29) is 0 Å². The standard InChI is InChI=1S/C16F34O3/c17-1(18,3(21,22)9(29,30)31)5(25,11(35,36)37)52-15(47,48)7(27,13(41,42)43)51-8(28,14(44,45)46)16(49,50)53-6(26,12(38,39)40)2(19,20)4(23,24)10(32,33)34. The maximum absolute atomic E-state index is 14.4. The van der Waals surface area contributed by atoms with Crippen molar-refractivity contribution in [3.05, 3.63) is 0 Å². The van der Waals surface area contributed by atoms with Gasteiger partial charge in [0.15, 0.2) is 0 Å². The Morgan fingerprint density at radius 2 is 0.340 bits per heavy atom. The number of alkyl halides is 34. The fourth-order valence-electron chi connectivity index (χ4n) is 2.60. The largest absolute Gasteiger partial charge is 0.460 e. The number of ether oxygens (including phenoxy) is 3. The molecular weight excluding hydrogens is 886 g/mol. The van der Waals surface area contributed by atoms with Crippen molar-refractivity contribution >= 4 is 0 Å². The summed E-state index contributed by atoms with van der Waals surface area (Å²) in [7, 11) is 0. The van der Waals surface area contributed by atoms with Crippen LogP contribution in [0.15, 0.2) is 0 Å². The van der Waals surface area contributed by atoms with E-state index in [9.17, 15) is 149 Å². The molecular formula is C16F34O3. The molecule has 0 heterocycles. The van der Waals surface area contributed by atoms with Crippen LogP contribution in [-0.4, -0.2) is 96.4 Å². The average Bonchev–Trinajstić information content (AvgIpc) is 2.83. The van der Waals surface area contributed by atoms with Gasteiger partial charge in [0.1, 0.15) is 0 Å². The highest BCUT2D eigenvalue weighted by Crippen LogP contribution is 2.64. The van der Waals surface area contributed by atoms with Crippen LogP contribution in [0, 0.1) is 0 Å². The third-order valence-electron chi connectivity index (χ3n) is 5.33. The molecule has 0 rings (SSSR count). The van der Waals surface area contributed by atoms with Crippen LogP contribution in [0.1, 0.15) is 0 Å². The molecule has 4 atom stereocenters. The number of hydrogen-bond acceptors (Lipinski definition) is 3. The highest BCUT2D eigenvalue weighted by atomic mass is 19.5. The van der Waals surface area contributed by atoms with Crippen molar-refractivity contribution in [3.63, 3.8) is 0 Å². The Morgan fingerprint density at radius 1 is 0.170 bits per heavy atom. The molecule has 0 aromatic heterocycles. The Kier molecular flexibility index (Phi) is 11.9. The van der Waals surface area contributed by atoms with Crippen LogP contribution in [0.5, 0.6) is 0 Å². The van der Waals surface area contributed by atoms with E-state index in [2.05, 4.69) is 0 Å². The van der Waals surface area contributed by atoms with Crippen LogP contribution in [0.25, 0.3) is 0 Å². The van der Waals surface area contributed by atoms with Crippen LogP contribution in [0.3, 0.4) is 0 Å². The lowest BCUT2D eigenvalue weighted by atomic mass is 10.0. The van der Waals surface area contributed by atoms with Crippen molar-refractivity contribution in [3.8, 4) is 0 Å². The molecule has 0 aliphatic rings. The number of halogens is 34. The van der Waals surface area contributed by atoms with Crippen molar-refractivity contribution in [1.82, 2.24) is 0 Å². The van der Waals surface area contributed by atoms with Crippen molar-refractivity contribution < 1.29 is 163 Å². The predicted octanol–water partition coefficient (Wildman–Crippen LogP) is 10.8. The fraction of sp³-hybridized carbons (Fsp3) is 1.00. The SMILES string of the molecule is FC(F)(F)C(F)(F)C(F)(F)C(F)(OC(F)(F)C(F)(OC(F)(C(F)(F)F)C(F)(F)OC(F)(C(F)(F)F)C(F)(F)C(F)(F)C(F)(F)F)C(F)(F)F)C(F)(F)F. The molecule has 0 aromatic rings. The number of hydrogen-bond donors (Lipinski definition) is 0. The normalized spacial score (nSPS) is 20.7. The molecule has 0 saturated carbocycles. The van der Waals surface area contributed by atoms with Crippen LogP contribution in [0.2, 0.25) is 0 Å². The molecule has 0 aromatic carbocycles. The maximum Gasteiger partial charge on any atom is 0.460 e. The molecule has 3 nitrogen and oxygen atoms in total. The lowest BCUT2D eigenvalue weighted by molar-refractivity contribution is -0.590. The van der Waals surface area contributed by atoms with Gasteiger partial charge in [-0.15, -0.1) is 0 Å². The van der Waals surface area contributed by atoms with Gasteiger partial charge in [0, 0.05) is 0 Å². The second kappa shape index (κ2) is 12.5. The molecule has 0 N–H and O–H groups in total. The summed E-state index contributed by atoms with van der Waals surface area (Å²) in [5.41, 5.74) is 0. The van der Waals surface area contributed by atoms with Crippen LogP contribution >= 0.6 is 0 Å². The Balaban J connectivity index is 8.15. The first-order valence-corrected chi connectivity index (χ1v) is 10.7. The van der Waals surface area contributed by atoms with Gasteiger partial charge in [-0.2, -0.15) is 149 Å². The minimum absolute atomic E-state index is 0.598. The zero-order valence-electron chi connectivity index (χ0n) is 22.1. The zero-order chi connectivity index (χ0) is 44.1. The molecule has 0 bridgehead atoms. The fourth-order valence-corrected chi connectivity index (χ4v) is 2.60. The summed E-state index contributed by atoms with van der Waals surface area (Å²) in [6.45, 7) is 0. The van der Waals surface area contributed by atoms with Gasteiger partial charge in [-0.05, 0) is 0 Å². The second-order valence-corrected chi connectivity index (χ2v) is 9.00. The van der Waals surface area contributed by atoms with Gasteiger partial charge in [-0.25, -0.2) is 0 Å². The smallest absolute Gasteiger partial charge is 0.280 e. The molecule has 0 aliphatic carbocycles. The van der Waals surface area contributed by atoms with Crippen LogP contribution in [0.4, 0.5) is 149 Å². The summed E-state index contributed by atoms with van der Waals surface area (Å²) < 4.78 is 450. The minimum Gasteiger partial charge on any atom is -0.280 e. The summed E-state index contributed by atoms with van der Waals surface area (Å²) in [4.78, 5) is 0. The van der Waals surface area contributed by atoms with Crippen molar-refractivity contribution in [2.24, 2.45) is 0 Å². The minimum atomic E-state index is -9.70.